The first-order chi connectivity index (χ1) is 15.0. The van der Waals surface area contributed by atoms with E-state index in [1.54, 1.807) is 12.3 Å². The first-order valence-electron chi connectivity index (χ1n) is 9.59. The number of nitrogens with one attached hydrogen (secondary N) is 1. The molecule has 1 unspecified atom stereocenters. The van der Waals surface area contributed by atoms with Crippen LogP contribution in [0.15, 0.2) is 24.4 Å². The van der Waals surface area contributed by atoms with Crippen molar-refractivity contribution in [3.63, 3.8) is 0 Å². The summed E-state index contributed by atoms with van der Waals surface area (Å²) in [5.41, 5.74) is 16.8. The second-order valence-corrected chi connectivity index (χ2v) is 6.52. The van der Waals surface area contributed by atoms with Crippen LogP contribution in [-0.2, 0) is 20.8 Å². The topological polar surface area (TPSA) is 249 Å². The number of nitrogens with two attached hydrogens (primary N) is 3. The lowest BCUT2D eigenvalue weighted by Crippen LogP contribution is -2.32. The van der Waals surface area contributed by atoms with Crippen LogP contribution in [0, 0.1) is 10.1 Å². The van der Waals surface area contributed by atoms with Crippen LogP contribution in [0.25, 0.3) is 10.9 Å². The largest absolute Gasteiger partial charge is 0.481 e. The van der Waals surface area contributed by atoms with Gasteiger partial charge in [-0.3, -0.25) is 24.5 Å². The molecule has 0 amide bonds. The van der Waals surface area contributed by atoms with Crippen LogP contribution in [0.1, 0.15) is 31.2 Å². The third-order valence-corrected chi connectivity index (χ3v) is 3.91. The van der Waals surface area contributed by atoms with Gasteiger partial charge in [0.25, 0.3) is 5.69 Å². The summed E-state index contributed by atoms with van der Waals surface area (Å²) in [5, 5.41) is 36.0. The van der Waals surface area contributed by atoms with E-state index >= 15 is 0 Å². The predicted molar refractivity (Wildman–Crippen MR) is 116 cm³/mol. The van der Waals surface area contributed by atoms with Crippen molar-refractivity contribution in [2.24, 2.45) is 17.2 Å². The van der Waals surface area contributed by atoms with E-state index in [-0.39, 0.29) is 24.9 Å². The lowest BCUT2D eigenvalue weighted by Gasteiger charge is -2.04. The van der Waals surface area contributed by atoms with Gasteiger partial charge in [-0.25, -0.2) is 0 Å². The number of rotatable bonds is 10. The number of carboxylic acid groups (broad SMARTS) is 3. The first-order valence-corrected chi connectivity index (χ1v) is 9.59. The Hall–Kier alpha value is -3.55. The second-order valence-electron chi connectivity index (χ2n) is 6.52. The number of carbonyl (C=O) groups is 3. The van der Waals surface area contributed by atoms with Crippen molar-refractivity contribution in [1.82, 2.24) is 4.98 Å². The van der Waals surface area contributed by atoms with E-state index in [4.69, 9.17) is 32.5 Å². The fourth-order valence-electron chi connectivity index (χ4n) is 2.28. The van der Waals surface area contributed by atoms with Crippen LogP contribution in [0.2, 0.25) is 0 Å². The van der Waals surface area contributed by atoms with Gasteiger partial charge in [0.05, 0.1) is 4.92 Å². The Bertz CT molecular complexity index is 881. The molecule has 178 valence electrons. The van der Waals surface area contributed by atoms with Crippen LogP contribution in [-0.4, -0.2) is 62.3 Å². The Balaban J connectivity index is 0.000000570. The van der Waals surface area contributed by atoms with E-state index in [9.17, 15) is 24.5 Å². The number of fused-ring (bicyclic) bond motifs is 1. The van der Waals surface area contributed by atoms with Crippen molar-refractivity contribution in [3.8, 4) is 0 Å². The zero-order valence-electron chi connectivity index (χ0n) is 17.4. The van der Waals surface area contributed by atoms with E-state index in [0.29, 0.717) is 42.4 Å². The summed E-state index contributed by atoms with van der Waals surface area (Å²) in [7, 11) is 0. The van der Waals surface area contributed by atoms with Crippen molar-refractivity contribution in [2.45, 2.75) is 38.1 Å². The number of non-ortho nitro benzene ring substituents is 1. The number of carboxylic acids is 3. The Morgan fingerprint density at radius 2 is 1.56 bits per heavy atom. The van der Waals surface area contributed by atoms with Gasteiger partial charge in [0.2, 0.25) is 0 Å². The number of hydrogen-bond donors (Lipinski definition) is 7. The normalized spacial score (nSPS) is 10.8. The molecule has 1 aromatic heterocycles. The number of aromatic amines is 1. The van der Waals surface area contributed by atoms with Gasteiger partial charge in [-0.1, -0.05) is 0 Å². The van der Waals surface area contributed by atoms with Crippen molar-refractivity contribution < 1.29 is 34.6 Å². The smallest absolute Gasteiger partial charge is 0.320 e. The average Bonchev–Trinajstić information content (AvgIpc) is 3.13. The molecule has 32 heavy (non-hydrogen) atoms. The van der Waals surface area contributed by atoms with Gasteiger partial charge in [-0.15, -0.1) is 0 Å². The molecular formula is C19H29N5O8. The minimum absolute atomic E-state index is 0.0350. The molecule has 0 aliphatic heterocycles. The van der Waals surface area contributed by atoms with E-state index in [1.807, 2.05) is 0 Å². The van der Waals surface area contributed by atoms with Crippen LogP contribution in [0.5, 0.6) is 0 Å². The van der Waals surface area contributed by atoms with Gasteiger partial charge in [0.1, 0.15) is 6.04 Å². The first kappa shape index (κ1) is 28.5. The molecule has 1 atom stereocenters. The second kappa shape index (κ2) is 15.3. The van der Waals surface area contributed by atoms with Gasteiger partial charge in [0, 0.05) is 48.5 Å². The highest BCUT2D eigenvalue weighted by Crippen LogP contribution is 2.24. The Labute approximate surface area is 183 Å². The van der Waals surface area contributed by atoms with E-state index in [0.717, 1.165) is 0 Å². The monoisotopic (exact) mass is 455 g/mol. The Morgan fingerprint density at radius 1 is 1.03 bits per heavy atom. The summed E-state index contributed by atoms with van der Waals surface area (Å²) in [6, 6.07) is 3.36. The zero-order chi connectivity index (χ0) is 24.7. The fourth-order valence-corrected chi connectivity index (χ4v) is 2.28. The van der Waals surface area contributed by atoms with Crippen LogP contribution < -0.4 is 17.2 Å². The number of aliphatic carboxylic acids is 3. The lowest BCUT2D eigenvalue weighted by atomic mass is 10.1. The van der Waals surface area contributed by atoms with Gasteiger partial charge in [0.15, 0.2) is 0 Å². The summed E-state index contributed by atoms with van der Waals surface area (Å²) in [6.07, 6.45) is 3.28. The van der Waals surface area contributed by atoms with Crippen molar-refractivity contribution in [2.75, 3.05) is 13.1 Å². The van der Waals surface area contributed by atoms with E-state index in [2.05, 4.69) is 4.98 Å². The minimum Gasteiger partial charge on any atom is -0.481 e. The molecule has 0 bridgehead atoms. The molecule has 0 saturated carbocycles. The summed E-state index contributed by atoms with van der Waals surface area (Å²) in [6.45, 7) is 0.929. The zero-order valence-corrected chi connectivity index (χ0v) is 17.4. The maximum Gasteiger partial charge on any atom is 0.320 e. The molecule has 1 heterocycles. The molecule has 0 aliphatic carbocycles. The van der Waals surface area contributed by atoms with Crippen molar-refractivity contribution in [1.29, 1.82) is 0 Å². The fraction of sp³-hybridized carbons (Fsp3) is 0.421. The number of nitro benzene ring substituents is 1. The van der Waals surface area contributed by atoms with Crippen LogP contribution >= 0.6 is 0 Å². The highest BCUT2D eigenvalue weighted by atomic mass is 16.6. The molecule has 2 aromatic rings. The Kier molecular flexibility index (Phi) is 13.6. The molecular weight excluding hydrogens is 426 g/mol. The summed E-state index contributed by atoms with van der Waals surface area (Å²) in [4.78, 5) is 43.2. The molecule has 13 heteroatoms. The van der Waals surface area contributed by atoms with Crippen molar-refractivity contribution >= 4 is 34.5 Å². The summed E-state index contributed by atoms with van der Waals surface area (Å²) in [5.74, 6) is -2.65. The number of benzene rings is 1. The molecule has 0 fully saturated rings. The predicted octanol–water partition coefficient (Wildman–Crippen LogP) is 0.650. The molecule has 0 saturated heterocycles. The number of hydrogen-bond acceptors (Lipinski definition) is 8. The van der Waals surface area contributed by atoms with Gasteiger partial charge < -0.3 is 37.5 Å². The van der Waals surface area contributed by atoms with E-state index in [1.165, 1.54) is 12.1 Å². The maximum atomic E-state index is 10.7. The molecule has 2 rings (SSSR count). The van der Waals surface area contributed by atoms with Gasteiger partial charge in [-0.05, 0) is 37.6 Å². The maximum absolute atomic E-state index is 10.7. The third kappa shape index (κ3) is 11.6. The molecule has 0 radical (unpaired) electrons. The van der Waals surface area contributed by atoms with Crippen molar-refractivity contribution in [3.05, 3.63) is 40.1 Å². The quantitative estimate of drug-likeness (QED) is 0.193. The lowest BCUT2D eigenvalue weighted by molar-refractivity contribution is -0.384. The molecule has 0 aliphatic rings. The highest BCUT2D eigenvalue weighted by molar-refractivity contribution is 5.86. The highest BCUT2D eigenvalue weighted by Gasteiger charge is 2.16. The Morgan fingerprint density at radius 3 is 1.94 bits per heavy atom. The number of nitrogens with zero attached hydrogens (tertiary/aromatic N) is 1. The molecule has 1 aromatic carbocycles. The molecule has 10 N–H and O–H groups in total. The van der Waals surface area contributed by atoms with E-state index < -0.39 is 28.9 Å². The summed E-state index contributed by atoms with van der Waals surface area (Å²) < 4.78 is 0. The minimum atomic E-state index is -1.10. The van der Waals surface area contributed by atoms with Crippen LogP contribution in [0.3, 0.4) is 0 Å². The standard InChI is InChI=1S/C11H11N3O4.2C4H9NO2/c12-9(11(15)16)3-6-5-13-10-2-1-7(14(17)18)4-8(6)10;2*5-3-1-2-4(6)7/h1-2,4-5,9,13H,3,12H2,(H,15,16);2*1-3,5H2,(H,6,7). The van der Waals surface area contributed by atoms with Crippen LogP contribution in [0.4, 0.5) is 5.69 Å². The average molecular weight is 455 g/mol. The third-order valence-electron chi connectivity index (χ3n) is 3.91. The number of H-pyrrole nitrogens is 1. The number of nitro groups is 1. The number of aromatic nitrogens is 1. The molecule has 0 spiro atoms. The summed E-state index contributed by atoms with van der Waals surface area (Å²) >= 11 is 0. The SMILES string of the molecule is NC(Cc1c[nH]c2ccc([N+](=O)[O-])cc12)C(=O)O.NCCCC(=O)O.NCCCC(=O)O. The van der Waals surface area contributed by atoms with Gasteiger partial charge in [-0.2, -0.15) is 0 Å². The molecule has 13 nitrogen and oxygen atoms in total. The van der Waals surface area contributed by atoms with Gasteiger partial charge >= 0.3 is 17.9 Å².